The molecule has 0 atom stereocenters. The fraction of sp³-hybridized carbons (Fsp3) is 0.295. The van der Waals surface area contributed by atoms with Crippen LogP contribution in [0.2, 0.25) is 0 Å². The predicted molar refractivity (Wildman–Crippen MR) is 247 cm³/mol. The minimum Gasteiger partial charge on any atom is -0.542 e. The third-order valence-corrected chi connectivity index (χ3v) is 6.58. The first-order valence-electron chi connectivity index (χ1n) is 18.3. The smallest absolute Gasteiger partial charge is 0.148 e. The van der Waals surface area contributed by atoms with Gasteiger partial charge in [-0.25, -0.2) is 0 Å². The molecule has 2 aromatic carbocycles. The van der Waals surface area contributed by atoms with E-state index in [4.69, 9.17) is 17.0 Å². The standard InChI is InChI=1S/C13H10N3.C7H6N3.C6H5I.C5H7N3.C3H5O.3C2H6.CH4O.CH4.2CH3.2V.3Y/c1-10-7-8-15-16-12(9-14-13(10)16)11-5-3-2-4-6-11;1-6-2-3-9-10-5-4-8-7(6)10;7-6-4-2-1-3-5-6;1-4-2-3-7-8-5(4)6;1-2-3-4;4*1-2;;;;;;;;/h2-8H,1H3;2-3,5H,1H3;1-5H;2-3H,1H3,(H2,6,8);2H2,1H3;3*1-2H3;2H,1H3;1H4;2*1H3;;;;;/q2*-1;;;-1;;;;;;2*-1;;;;;/i;;;;;;;;;1T;;;;;;;. The third-order valence-electron chi connectivity index (χ3n) is 5.86. The van der Waals surface area contributed by atoms with E-state index < -0.39 is 0 Å². The first-order valence-corrected chi connectivity index (χ1v) is 18.4. The Balaban J connectivity index is -0.0000000659. The fourth-order valence-corrected chi connectivity index (χ4v) is 3.88. The number of halogens is 1. The first-order chi connectivity index (χ1) is 26.8. The molecule has 0 spiro atoms. The third kappa shape index (κ3) is 35.4. The summed E-state index contributed by atoms with van der Waals surface area (Å²) in [4.78, 5) is 17.3. The molecule has 0 amide bonds. The molecule has 0 aliphatic heterocycles. The minimum absolute atomic E-state index is 0. The molecule has 0 saturated carbocycles. The van der Waals surface area contributed by atoms with Crippen molar-refractivity contribution in [2.24, 2.45) is 0 Å². The molecule has 0 aliphatic carbocycles. The van der Waals surface area contributed by atoms with Crippen molar-refractivity contribution in [2.75, 3.05) is 12.8 Å². The molecule has 61 heavy (non-hydrogen) atoms. The number of nitrogens with zero attached hydrogens (tertiary/aromatic N) is 8. The summed E-state index contributed by atoms with van der Waals surface area (Å²) in [5.41, 5.74) is 12.3. The number of hydrogen-bond donors (Lipinski definition) is 2. The van der Waals surface area contributed by atoms with E-state index in [1.165, 1.54) is 11.0 Å². The van der Waals surface area contributed by atoms with Crippen molar-refractivity contribution >= 4 is 46.0 Å². The van der Waals surface area contributed by atoms with Crippen LogP contribution in [0.4, 0.5) is 5.82 Å². The van der Waals surface area contributed by atoms with Gasteiger partial charge in [0.2, 0.25) is 0 Å². The maximum atomic E-state index is 9.05. The molecule has 5 aromatic heterocycles. The van der Waals surface area contributed by atoms with Gasteiger partial charge in [-0.15, -0.1) is 23.4 Å². The summed E-state index contributed by atoms with van der Waals surface area (Å²) in [5, 5.41) is 22.5. The Labute approximate surface area is 483 Å². The van der Waals surface area contributed by atoms with Gasteiger partial charge in [-0.05, 0) is 72.0 Å². The van der Waals surface area contributed by atoms with Gasteiger partial charge in [0.05, 0.1) is 11.8 Å². The Bertz CT molecular complexity index is 1900. The molecule has 3 N–H and O–H groups in total. The molecule has 0 fully saturated rings. The van der Waals surface area contributed by atoms with Crippen LogP contribution >= 0.6 is 22.6 Å². The predicted octanol–water partition coefficient (Wildman–Crippen LogP) is 10.7. The van der Waals surface area contributed by atoms with Crippen molar-refractivity contribution in [3.05, 3.63) is 151 Å². The number of fused-ring (bicyclic) bond motifs is 2. The summed E-state index contributed by atoms with van der Waals surface area (Å²) in [5.74, 6) is 0.507. The number of carbonyl (C=O) groups excluding carboxylic acids is 1. The van der Waals surface area contributed by atoms with Crippen LogP contribution in [-0.4, -0.2) is 57.9 Å². The second kappa shape index (κ2) is 57.4. The molecule has 11 nitrogen and oxygen atoms in total. The summed E-state index contributed by atoms with van der Waals surface area (Å²) in [7, 11) is 2.25. The number of imidazole rings is 2. The number of rotatable bonds is 2. The van der Waals surface area contributed by atoms with Crippen LogP contribution in [-0.2, 0) is 140 Å². The molecule has 7 rings (SSSR count). The number of aromatic nitrogens is 8. The molecular weight excluding hydrogens is 1180 g/mol. The van der Waals surface area contributed by atoms with E-state index in [0.29, 0.717) is 12.2 Å². The number of hydrogen-bond acceptors (Lipinski definition) is 9. The second-order valence-corrected chi connectivity index (χ2v) is 10.5. The van der Waals surface area contributed by atoms with E-state index in [2.05, 4.69) is 77.5 Å². The zero-order valence-corrected chi connectivity index (χ0v) is 52.0. The average molecular weight is 1250 g/mol. The van der Waals surface area contributed by atoms with Crippen LogP contribution in [0.15, 0.2) is 104 Å². The molecule has 329 valence electrons. The maximum Gasteiger partial charge on any atom is 0.148 e. The summed E-state index contributed by atoms with van der Waals surface area (Å²) in [6.45, 7) is 19.7. The van der Waals surface area contributed by atoms with Gasteiger partial charge < -0.3 is 45.0 Å². The van der Waals surface area contributed by atoms with Crippen LogP contribution < -0.4 is 5.73 Å². The number of anilines is 1. The number of nitrogen functional groups attached to an aromatic ring is 1. The Hall–Kier alpha value is -0.599. The maximum absolute atomic E-state index is 9.05. The van der Waals surface area contributed by atoms with Gasteiger partial charge in [0.1, 0.15) is 5.82 Å². The van der Waals surface area contributed by atoms with Crippen LogP contribution in [0.5, 0.6) is 0 Å². The molecule has 7 aromatic rings. The SMILES string of the molecule is CC.CC.CC.CC[C-]=O.CO.Cc1ccnn2c(-c3ccccc3)[c-]nc12.Cc1ccnn2c[c-]nc12.Cc1ccnnc1N.Ic1ccccc1.[3H]C.[CH3-].[CH3-].[V].[V].[Y].[Y].[Y]. The summed E-state index contributed by atoms with van der Waals surface area (Å²) in [6, 6.07) is 26.0. The van der Waals surface area contributed by atoms with Crippen LogP contribution in [0, 0.1) is 51.6 Å². The molecule has 0 saturated heterocycles. The normalized spacial score (nSPS) is 7.67. The van der Waals surface area contributed by atoms with Crippen LogP contribution in [0.3, 0.4) is 0 Å². The molecule has 0 bridgehead atoms. The zero-order valence-electron chi connectivity index (χ0n) is 39.5. The van der Waals surface area contributed by atoms with Crippen molar-refractivity contribution < 1.29 is 147 Å². The summed E-state index contributed by atoms with van der Waals surface area (Å²) < 4.78 is 10.6. The van der Waals surface area contributed by atoms with E-state index in [0.717, 1.165) is 46.4 Å². The topological polar surface area (TPSA) is 149 Å². The van der Waals surface area contributed by atoms with E-state index in [1.54, 1.807) is 42.5 Å². The Kier molecular flexibility index (Phi) is 75.9. The van der Waals surface area contributed by atoms with Gasteiger partial charge in [-0.3, -0.25) is 10.8 Å². The van der Waals surface area contributed by atoms with Crippen molar-refractivity contribution in [3.8, 4) is 11.3 Å². The van der Waals surface area contributed by atoms with Crippen LogP contribution in [0.1, 0.15) is 80.4 Å². The average Bonchev–Trinajstić information content (AvgIpc) is 3.94. The first kappa shape index (κ1) is 80.7. The number of aliphatic hydroxyl groups is 1. The quantitative estimate of drug-likeness (QED) is 0.127. The van der Waals surface area contributed by atoms with Crippen molar-refractivity contribution in [3.63, 3.8) is 0 Å². The molecule has 0 unspecified atom stereocenters. The van der Waals surface area contributed by atoms with Gasteiger partial charge in [-0.1, -0.05) is 134 Å². The Morgan fingerprint density at radius 2 is 1.18 bits per heavy atom. The molecular formula is C44H65IN9O2V2Y3-5. The van der Waals surface area contributed by atoms with E-state index >= 15 is 0 Å². The van der Waals surface area contributed by atoms with Gasteiger partial charge in [0.15, 0.2) is 0 Å². The van der Waals surface area contributed by atoms with E-state index in [-0.39, 0.29) is 150 Å². The zero-order chi connectivity index (χ0) is 42.4. The molecule has 5 radical (unpaired) electrons. The summed E-state index contributed by atoms with van der Waals surface area (Å²) in [6.07, 6.45) is 14.8. The van der Waals surface area contributed by atoms with E-state index in [1.807, 2.05) is 134 Å². The Morgan fingerprint density at radius 3 is 1.57 bits per heavy atom. The molecule has 17 heteroatoms. The Morgan fingerprint density at radius 1 is 0.738 bits per heavy atom. The van der Waals surface area contributed by atoms with Crippen molar-refractivity contribution in [1.29, 1.82) is 0 Å². The second-order valence-electron chi connectivity index (χ2n) is 9.23. The largest absolute Gasteiger partial charge is 0.542 e. The minimum atomic E-state index is 0. The van der Waals surface area contributed by atoms with Crippen molar-refractivity contribution in [1.82, 2.24) is 39.4 Å². The molecule has 5 heterocycles. The van der Waals surface area contributed by atoms with Gasteiger partial charge in [0, 0.05) is 165 Å². The number of nitrogens with two attached hydrogens (primary N) is 1. The van der Waals surface area contributed by atoms with Gasteiger partial charge >= 0.3 is 0 Å². The fourth-order valence-electron chi connectivity index (χ4n) is 3.47. The van der Waals surface area contributed by atoms with E-state index in [9.17, 15) is 0 Å². The monoisotopic (exact) mass is 1250 g/mol. The molecule has 0 aliphatic rings. The number of aryl methyl sites for hydroxylation is 3. The number of aliphatic hydroxyl groups excluding tert-OH is 1. The van der Waals surface area contributed by atoms with Gasteiger partial charge in [-0.2, -0.15) is 21.7 Å². The summed E-state index contributed by atoms with van der Waals surface area (Å²) >= 11 is 2.28. The van der Waals surface area contributed by atoms with Gasteiger partial charge in [0.25, 0.3) is 0 Å². The number of benzene rings is 2. The van der Waals surface area contributed by atoms with Crippen molar-refractivity contribution in [2.45, 2.75) is 83.1 Å². The van der Waals surface area contributed by atoms with Crippen LogP contribution in [0.25, 0.3) is 22.6 Å².